The van der Waals surface area contributed by atoms with Gasteiger partial charge in [0.2, 0.25) is 0 Å². The van der Waals surface area contributed by atoms with Gasteiger partial charge in [-0.1, -0.05) is 0 Å². The van der Waals surface area contributed by atoms with E-state index in [0.717, 1.165) is 5.39 Å². The summed E-state index contributed by atoms with van der Waals surface area (Å²) in [5.41, 5.74) is 2.74. The Hall–Kier alpha value is -1.88. The van der Waals surface area contributed by atoms with Crippen LogP contribution in [0, 0.1) is 0 Å². The van der Waals surface area contributed by atoms with Crippen LogP contribution in [0.4, 0.5) is 0 Å². The monoisotopic (exact) mass is 191 g/mol. The molecule has 0 unspecified atom stereocenters. The minimum Gasteiger partial charge on any atom is -0.335 e. The molecule has 0 saturated heterocycles. The van der Waals surface area contributed by atoms with E-state index < -0.39 is 5.91 Å². The molecule has 0 aromatic carbocycles. The molecule has 0 bridgehead atoms. The number of carbonyl (C=O) groups is 1. The largest absolute Gasteiger partial charge is 0.335 e. The molecular formula is C9H9N3O2. The fraction of sp³-hybridized carbons (Fsp3) is 0.111. The summed E-state index contributed by atoms with van der Waals surface area (Å²) in [6, 6.07) is 3.53. The maximum absolute atomic E-state index is 11.2. The zero-order valence-electron chi connectivity index (χ0n) is 7.56. The summed E-state index contributed by atoms with van der Waals surface area (Å²) in [5, 5.41) is 9.25. The van der Waals surface area contributed by atoms with Crippen molar-refractivity contribution in [3.8, 4) is 0 Å². The third-order valence-corrected chi connectivity index (χ3v) is 2.08. The summed E-state index contributed by atoms with van der Waals surface area (Å²) in [6.07, 6.45) is 3.28. The van der Waals surface area contributed by atoms with Gasteiger partial charge in [0.05, 0.1) is 5.56 Å². The molecule has 2 heterocycles. The topological polar surface area (TPSA) is 67.2 Å². The highest BCUT2D eigenvalue weighted by Crippen LogP contribution is 2.17. The Bertz CT molecular complexity index is 490. The van der Waals surface area contributed by atoms with E-state index in [9.17, 15) is 4.79 Å². The summed E-state index contributed by atoms with van der Waals surface area (Å²) in [7, 11) is 1.80. The molecule has 5 heteroatoms. The molecule has 0 spiro atoms. The van der Waals surface area contributed by atoms with Gasteiger partial charge in [-0.15, -0.1) is 0 Å². The standard InChI is InChI=1S/C9H9N3O2/c1-12-5-7(9(13)11-14)6-3-2-4-10-8(6)12/h2-5,14H,1H3,(H,11,13). The van der Waals surface area contributed by atoms with Gasteiger partial charge < -0.3 is 4.57 Å². The quantitative estimate of drug-likeness (QED) is 0.514. The Morgan fingerprint density at radius 1 is 1.64 bits per heavy atom. The van der Waals surface area contributed by atoms with E-state index in [1.165, 1.54) is 0 Å². The number of carbonyl (C=O) groups excluding carboxylic acids is 1. The fourth-order valence-corrected chi connectivity index (χ4v) is 1.45. The second kappa shape index (κ2) is 3.12. The van der Waals surface area contributed by atoms with E-state index in [0.29, 0.717) is 11.2 Å². The Labute approximate surface area is 79.9 Å². The summed E-state index contributed by atoms with van der Waals surface area (Å²) in [6.45, 7) is 0. The molecule has 0 radical (unpaired) electrons. The molecule has 2 aromatic rings. The van der Waals surface area contributed by atoms with Gasteiger partial charge in [0.1, 0.15) is 5.65 Å². The second-order valence-corrected chi connectivity index (χ2v) is 2.97. The number of pyridine rings is 1. The predicted octanol–water partition coefficient (Wildman–Crippen LogP) is 0.692. The van der Waals surface area contributed by atoms with Gasteiger partial charge >= 0.3 is 0 Å². The van der Waals surface area contributed by atoms with Crippen molar-refractivity contribution in [2.24, 2.45) is 7.05 Å². The molecule has 0 atom stereocenters. The molecule has 2 rings (SSSR count). The maximum atomic E-state index is 11.2. The van der Waals surface area contributed by atoms with Gasteiger partial charge in [-0.25, -0.2) is 10.5 Å². The van der Waals surface area contributed by atoms with Gasteiger partial charge in [-0.3, -0.25) is 10.0 Å². The lowest BCUT2D eigenvalue weighted by Gasteiger charge is -1.94. The van der Waals surface area contributed by atoms with Crippen molar-refractivity contribution in [2.75, 3.05) is 0 Å². The molecule has 0 fully saturated rings. The van der Waals surface area contributed by atoms with Crippen LogP contribution in [0.1, 0.15) is 10.4 Å². The average molecular weight is 191 g/mol. The zero-order chi connectivity index (χ0) is 10.1. The molecule has 14 heavy (non-hydrogen) atoms. The first kappa shape index (κ1) is 8.71. The van der Waals surface area contributed by atoms with Gasteiger partial charge in [0.25, 0.3) is 5.91 Å². The third kappa shape index (κ3) is 1.14. The van der Waals surface area contributed by atoms with Crippen molar-refractivity contribution in [2.45, 2.75) is 0 Å². The van der Waals surface area contributed by atoms with Crippen LogP contribution < -0.4 is 5.48 Å². The first-order chi connectivity index (χ1) is 6.74. The summed E-state index contributed by atoms with van der Waals surface area (Å²) < 4.78 is 1.74. The minimum atomic E-state index is -0.524. The number of aryl methyl sites for hydroxylation is 1. The predicted molar refractivity (Wildman–Crippen MR) is 50.0 cm³/mol. The molecule has 5 nitrogen and oxygen atoms in total. The van der Waals surface area contributed by atoms with Crippen LogP contribution in [0.15, 0.2) is 24.5 Å². The van der Waals surface area contributed by atoms with Crippen molar-refractivity contribution in [3.05, 3.63) is 30.1 Å². The molecule has 2 aromatic heterocycles. The molecule has 72 valence electrons. The number of fused-ring (bicyclic) bond motifs is 1. The Balaban J connectivity index is 2.72. The van der Waals surface area contributed by atoms with Crippen molar-refractivity contribution in [1.29, 1.82) is 0 Å². The number of hydrogen-bond donors (Lipinski definition) is 2. The number of aromatic nitrogens is 2. The smallest absolute Gasteiger partial charge is 0.276 e. The lowest BCUT2D eigenvalue weighted by Crippen LogP contribution is -2.18. The highest BCUT2D eigenvalue weighted by molar-refractivity contribution is 6.05. The third-order valence-electron chi connectivity index (χ3n) is 2.08. The van der Waals surface area contributed by atoms with Crippen LogP contribution in [0.3, 0.4) is 0 Å². The highest BCUT2D eigenvalue weighted by atomic mass is 16.5. The van der Waals surface area contributed by atoms with Crippen molar-refractivity contribution < 1.29 is 10.0 Å². The Morgan fingerprint density at radius 2 is 2.43 bits per heavy atom. The summed E-state index contributed by atoms with van der Waals surface area (Å²) in [4.78, 5) is 15.4. The molecule has 0 saturated carbocycles. The van der Waals surface area contributed by atoms with Gasteiger partial charge in [0, 0.05) is 24.8 Å². The van der Waals surface area contributed by atoms with Crippen LogP contribution in [0.25, 0.3) is 11.0 Å². The Morgan fingerprint density at radius 3 is 3.14 bits per heavy atom. The molecule has 0 aliphatic carbocycles. The minimum absolute atomic E-state index is 0.415. The molecule has 2 N–H and O–H groups in total. The number of nitrogens with zero attached hydrogens (tertiary/aromatic N) is 2. The van der Waals surface area contributed by atoms with Crippen LogP contribution in [-0.2, 0) is 7.05 Å². The van der Waals surface area contributed by atoms with E-state index in [1.54, 1.807) is 41.6 Å². The van der Waals surface area contributed by atoms with Crippen molar-refractivity contribution >= 4 is 16.9 Å². The first-order valence-corrected chi connectivity index (χ1v) is 4.08. The number of nitrogens with one attached hydrogen (secondary N) is 1. The Kier molecular flexibility index (Phi) is 1.94. The van der Waals surface area contributed by atoms with Gasteiger partial charge in [0.15, 0.2) is 0 Å². The van der Waals surface area contributed by atoms with Gasteiger partial charge in [-0.2, -0.15) is 0 Å². The number of hydroxylamine groups is 1. The lowest BCUT2D eigenvalue weighted by atomic mass is 10.2. The molecule has 0 aliphatic heterocycles. The van der Waals surface area contributed by atoms with Crippen LogP contribution >= 0.6 is 0 Å². The molecule has 0 aliphatic rings. The van der Waals surface area contributed by atoms with Crippen LogP contribution in [-0.4, -0.2) is 20.7 Å². The highest BCUT2D eigenvalue weighted by Gasteiger charge is 2.12. The fourth-order valence-electron chi connectivity index (χ4n) is 1.45. The van der Waals surface area contributed by atoms with Crippen LogP contribution in [0.5, 0.6) is 0 Å². The average Bonchev–Trinajstić information content (AvgIpc) is 2.56. The van der Waals surface area contributed by atoms with E-state index in [1.807, 2.05) is 0 Å². The van der Waals surface area contributed by atoms with E-state index in [-0.39, 0.29) is 0 Å². The number of amides is 1. The van der Waals surface area contributed by atoms with Crippen molar-refractivity contribution in [1.82, 2.24) is 15.0 Å². The van der Waals surface area contributed by atoms with E-state index >= 15 is 0 Å². The summed E-state index contributed by atoms with van der Waals surface area (Å²) >= 11 is 0. The zero-order valence-corrected chi connectivity index (χ0v) is 7.56. The van der Waals surface area contributed by atoms with E-state index in [2.05, 4.69) is 4.98 Å². The lowest BCUT2D eigenvalue weighted by molar-refractivity contribution is 0.0708. The molecular weight excluding hydrogens is 182 g/mol. The van der Waals surface area contributed by atoms with Crippen molar-refractivity contribution in [3.63, 3.8) is 0 Å². The van der Waals surface area contributed by atoms with Gasteiger partial charge in [-0.05, 0) is 12.1 Å². The molecule has 1 amide bonds. The second-order valence-electron chi connectivity index (χ2n) is 2.97. The first-order valence-electron chi connectivity index (χ1n) is 4.08. The van der Waals surface area contributed by atoms with E-state index in [4.69, 9.17) is 5.21 Å². The number of rotatable bonds is 1. The number of hydrogen-bond acceptors (Lipinski definition) is 3. The van der Waals surface area contributed by atoms with Crippen LogP contribution in [0.2, 0.25) is 0 Å². The maximum Gasteiger partial charge on any atom is 0.276 e. The normalized spacial score (nSPS) is 10.4. The SMILES string of the molecule is Cn1cc(C(=O)NO)c2cccnc21. The summed E-state index contributed by atoms with van der Waals surface area (Å²) in [5.74, 6) is -0.524.